The fourth-order valence-corrected chi connectivity index (χ4v) is 5.61. The molecular weight excluding hydrogens is 526 g/mol. The van der Waals surface area contributed by atoms with E-state index in [4.69, 9.17) is 16.3 Å². The van der Waals surface area contributed by atoms with E-state index in [9.17, 15) is 9.59 Å². The predicted molar refractivity (Wildman–Crippen MR) is 144 cm³/mol. The summed E-state index contributed by atoms with van der Waals surface area (Å²) in [6, 6.07) is 14.3. The van der Waals surface area contributed by atoms with Gasteiger partial charge in [0.25, 0.3) is 5.91 Å². The number of hydrogen-bond acceptors (Lipinski definition) is 9. The number of halogens is 1. The van der Waals surface area contributed by atoms with E-state index in [1.165, 1.54) is 23.3 Å². The molecule has 3 heterocycles. The molecule has 0 bridgehead atoms. The summed E-state index contributed by atoms with van der Waals surface area (Å²) in [6.45, 7) is 0. The molecule has 0 aliphatic carbocycles. The zero-order chi connectivity index (χ0) is 24.4. The summed E-state index contributed by atoms with van der Waals surface area (Å²) < 4.78 is 13.7. The van der Waals surface area contributed by atoms with Gasteiger partial charge >= 0.3 is 0 Å². The van der Waals surface area contributed by atoms with Crippen LogP contribution >= 0.6 is 46.4 Å². The number of nitrogens with zero attached hydrogens (tertiary/aromatic N) is 4. The van der Waals surface area contributed by atoms with Crippen LogP contribution in [0.25, 0.3) is 17.1 Å². The van der Waals surface area contributed by atoms with E-state index in [1.54, 1.807) is 30.3 Å². The molecule has 12 heteroatoms. The van der Waals surface area contributed by atoms with Crippen molar-refractivity contribution in [3.05, 3.63) is 69.5 Å². The predicted octanol–water partition coefficient (Wildman–Crippen LogP) is 5.53. The van der Waals surface area contributed by atoms with Gasteiger partial charge in [-0.3, -0.25) is 14.5 Å². The number of benzene rings is 2. The number of anilines is 2. The topological polar surface area (TPSA) is 96.8 Å². The van der Waals surface area contributed by atoms with E-state index in [-0.39, 0.29) is 23.3 Å². The standard InChI is InChI=1S/C23H16ClN5O3S3/c1-32-19-8-7-13(10-15(19)24)29-22(31)18(11-14-4-3-9-33-14)26-23(29)34-12-20(30)25-16-5-2-6-17-21(16)28-35-27-17/h2-11H,12H2,1H3,(H,25,30)/b18-11+. The average Bonchev–Trinajstić information content (AvgIpc) is 3.60. The number of hydrogen-bond donors (Lipinski definition) is 1. The van der Waals surface area contributed by atoms with E-state index in [0.717, 1.165) is 33.9 Å². The molecule has 0 fully saturated rings. The Morgan fingerprint density at radius 3 is 2.89 bits per heavy atom. The zero-order valence-electron chi connectivity index (χ0n) is 18.1. The van der Waals surface area contributed by atoms with Gasteiger partial charge in [0.2, 0.25) is 5.91 Å². The lowest BCUT2D eigenvalue weighted by Gasteiger charge is -2.18. The summed E-state index contributed by atoms with van der Waals surface area (Å²) in [5.41, 5.74) is 2.75. The van der Waals surface area contributed by atoms with Crippen LogP contribution in [0.1, 0.15) is 4.88 Å². The second kappa shape index (κ2) is 10.2. The van der Waals surface area contributed by atoms with Crippen molar-refractivity contribution < 1.29 is 14.3 Å². The third-order valence-electron chi connectivity index (χ3n) is 4.94. The van der Waals surface area contributed by atoms with Gasteiger partial charge < -0.3 is 10.1 Å². The highest BCUT2D eigenvalue weighted by Gasteiger charge is 2.33. The van der Waals surface area contributed by atoms with Crippen molar-refractivity contribution in [2.45, 2.75) is 0 Å². The highest BCUT2D eigenvalue weighted by molar-refractivity contribution is 8.14. The lowest BCUT2D eigenvalue weighted by Crippen LogP contribution is -2.31. The molecule has 0 atom stereocenters. The largest absolute Gasteiger partial charge is 0.495 e. The lowest BCUT2D eigenvalue weighted by atomic mass is 10.2. The van der Waals surface area contributed by atoms with Crippen molar-refractivity contribution in [3.8, 4) is 5.75 Å². The van der Waals surface area contributed by atoms with Crippen LogP contribution < -0.4 is 15.0 Å². The number of thioether (sulfide) groups is 1. The molecule has 2 amide bonds. The smallest absolute Gasteiger partial charge is 0.283 e. The first kappa shape index (κ1) is 23.5. The molecule has 0 saturated carbocycles. The summed E-state index contributed by atoms with van der Waals surface area (Å²) in [5, 5.41) is 5.53. The number of aliphatic imine (C=N–C) groups is 1. The molecule has 0 radical (unpaired) electrons. The number of fused-ring (bicyclic) bond motifs is 1. The number of amidine groups is 1. The Labute approximate surface area is 217 Å². The maximum absolute atomic E-state index is 13.3. The van der Waals surface area contributed by atoms with E-state index >= 15 is 0 Å². The Morgan fingerprint density at radius 2 is 2.11 bits per heavy atom. The Bertz CT molecular complexity index is 1480. The highest BCUT2D eigenvalue weighted by atomic mass is 35.5. The number of carbonyl (C=O) groups is 2. The summed E-state index contributed by atoms with van der Waals surface area (Å²) in [5.74, 6) is -0.0326. The van der Waals surface area contributed by atoms with Gasteiger partial charge in [0, 0.05) is 4.88 Å². The Balaban J connectivity index is 1.39. The van der Waals surface area contributed by atoms with Crippen LogP contribution in [0.4, 0.5) is 11.4 Å². The molecule has 4 aromatic rings. The van der Waals surface area contributed by atoms with E-state index in [1.807, 2.05) is 29.6 Å². The van der Waals surface area contributed by atoms with Crippen molar-refractivity contribution in [3.63, 3.8) is 0 Å². The molecule has 8 nitrogen and oxygen atoms in total. The number of nitrogens with one attached hydrogen (secondary N) is 1. The third-order valence-corrected chi connectivity index (χ3v) is 7.53. The van der Waals surface area contributed by atoms with Crippen molar-refractivity contribution in [2.24, 2.45) is 4.99 Å². The number of carbonyl (C=O) groups excluding carboxylic acids is 2. The van der Waals surface area contributed by atoms with Crippen LogP contribution in [0.5, 0.6) is 5.75 Å². The summed E-state index contributed by atoms with van der Waals surface area (Å²) in [4.78, 5) is 33.0. The first-order chi connectivity index (χ1) is 17.0. The molecule has 1 N–H and O–H groups in total. The highest BCUT2D eigenvalue weighted by Crippen LogP contribution is 2.34. The number of methoxy groups -OCH3 is 1. The van der Waals surface area contributed by atoms with E-state index in [0.29, 0.717) is 32.8 Å². The molecule has 2 aromatic carbocycles. The quantitative estimate of drug-likeness (QED) is 0.322. The monoisotopic (exact) mass is 541 g/mol. The minimum absolute atomic E-state index is 0.0345. The zero-order valence-corrected chi connectivity index (χ0v) is 21.3. The molecule has 2 aromatic heterocycles. The van der Waals surface area contributed by atoms with Crippen molar-refractivity contribution in [1.29, 1.82) is 0 Å². The molecule has 1 aliphatic rings. The van der Waals surface area contributed by atoms with Crippen molar-refractivity contribution in [1.82, 2.24) is 8.75 Å². The number of thiophene rings is 1. The van der Waals surface area contributed by atoms with Crippen LogP contribution in [0, 0.1) is 0 Å². The van der Waals surface area contributed by atoms with Gasteiger partial charge in [-0.2, -0.15) is 8.75 Å². The Hall–Kier alpha value is -3.25. The number of ether oxygens (including phenoxy) is 1. The third kappa shape index (κ3) is 4.94. The first-order valence-electron chi connectivity index (χ1n) is 10.2. The van der Waals surface area contributed by atoms with Gasteiger partial charge in [-0.15, -0.1) is 11.3 Å². The van der Waals surface area contributed by atoms with Crippen LogP contribution in [0.2, 0.25) is 5.02 Å². The number of aromatic nitrogens is 2. The molecular formula is C23H16ClN5O3S3. The second-order valence-corrected chi connectivity index (χ2v) is 10.0. The molecule has 0 unspecified atom stereocenters. The SMILES string of the molecule is COc1ccc(N2C(=O)/C(=C\c3cccs3)N=C2SCC(=O)Nc2cccc3nsnc23)cc1Cl. The van der Waals surface area contributed by atoms with Gasteiger partial charge in [0.15, 0.2) is 5.17 Å². The molecule has 0 saturated heterocycles. The number of amides is 2. The molecule has 0 spiro atoms. The van der Waals surface area contributed by atoms with Gasteiger partial charge in [0.05, 0.1) is 41.0 Å². The molecule has 1 aliphatic heterocycles. The summed E-state index contributed by atoms with van der Waals surface area (Å²) >= 11 is 10.1. The minimum Gasteiger partial charge on any atom is -0.495 e. The fraction of sp³-hybridized carbons (Fsp3) is 0.0870. The lowest BCUT2D eigenvalue weighted by molar-refractivity contribution is -0.114. The molecule has 35 heavy (non-hydrogen) atoms. The average molecular weight is 542 g/mol. The normalized spacial score (nSPS) is 14.6. The van der Waals surface area contributed by atoms with Crippen LogP contribution in [-0.2, 0) is 9.59 Å². The summed E-state index contributed by atoms with van der Waals surface area (Å²) in [6.07, 6.45) is 1.73. The fourth-order valence-electron chi connectivity index (χ4n) is 3.35. The summed E-state index contributed by atoms with van der Waals surface area (Å²) in [7, 11) is 1.52. The number of rotatable bonds is 6. The van der Waals surface area contributed by atoms with Gasteiger partial charge in [0.1, 0.15) is 22.5 Å². The molecule has 5 rings (SSSR count). The van der Waals surface area contributed by atoms with Gasteiger partial charge in [-0.1, -0.05) is 35.5 Å². The minimum atomic E-state index is -0.305. The van der Waals surface area contributed by atoms with Crippen LogP contribution in [-0.4, -0.2) is 38.6 Å². The Morgan fingerprint density at radius 1 is 1.23 bits per heavy atom. The van der Waals surface area contributed by atoms with Gasteiger partial charge in [-0.25, -0.2) is 4.99 Å². The van der Waals surface area contributed by atoms with Crippen LogP contribution in [0.3, 0.4) is 0 Å². The van der Waals surface area contributed by atoms with E-state index in [2.05, 4.69) is 19.1 Å². The molecule has 176 valence electrons. The van der Waals surface area contributed by atoms with Crippen molar-refractivity contribution >= 4 is 91.9 Å². The van der Waals surface area contributed by atoms with Crippen LogP contribution in [0.15, 0.2) is 64.6 Å². The maximum Gasteiger partial charge on any atom is 0.283 e. The first-order valence-corrected chi connectivity index (χ1v) is 13.2. The second-order valence-electron chi connectivity index (χ2n) is 7.17. The Kier molecular flexibility index (Phi) is 6.82. The maximum atomic E-state index is 13.3. The van der Waals surface area contributed by atoms with Gasteiger partial charge in [-0.05, 0) is 47.9 Å². The van der Waals surface area contributed by atoms with Crippen molar-refractivity contribution in [2.75, 3.05) is 23.1 Å². The van der Waals surface area contributed by atoms with E-state index < -0.39 is 0 Å².